The molecule has 0 radical (unpaired) electrons. The van der Waals surface area contributed by atoms with E-state index in [1.165, 1.54) is 16.7 Å². The Labute approximate surface area is 216 Å². The maximum Gasteiger partial charge on any atom is 0.309 e. The van der Waals surface area contributed by atoms with Crippen LogP contribution in [0.3, 0.4) is 0 Å². The normalized spacial score (nSPS) is 16.3. The first kappa shape index (κ1) is 30.9. The number of hydrogen-bond donors (Lipinski definition) is 1. The summed E-state index contributed by atoms with van der Waals surface area (Å²) >= 11 is 0. The van der Waals surface area contributed by atoms with Crippen molar-refractivity contribution < 1.29 is 14.4 Å². The third kappa shape index (κ3) is 10.6. The van der Waals surface area contributed by atoms with Gasteiger partial charge in [-0.05, 0) is 82.6 Å². The van der Waals surface area contributed by atoms with Crippen molar-refractivity contribution in [2.75, 3.05) is 21.1 Å². The molecule has 35 heavy (non-hydrogen) atoms. The van der Waals surface area contributed by atoms with Gasteiger partial charge in [-0.3, -0.25) is 4.79 Å². The summed E-state index contributed by atoms with van der Waals surface area (Å²) in [6.45, 7) is 21.9. The Kier molecular flexibility index (Phi) is 11.2. The summed E-state index contributed by atoms with van der Waals surface area (Å²) in [5.41, 5.74) is 4.26. The third-order valence-electron chi connectivity index (χ3n) is 7.39. The SMILES string of the molecule is C=CC(C)(CC=C(C)CC)CC(CC(CC(C)(C)C(=O)O)c1ccc(C[N+](C)(C)C)cc1)C(=C)C. The molecule has 0 aliphatic carbocycles. The zero-order chi connectivity index (χ0) is 27.0. The number of rotatable bonds is 15. The standard InChI is InChI=1S/C32H51NO2/c1-12-25(5)18-19-32(8,13-2)22-28(24(3)4)20-29(21-31(6,7)30(34)35)27-16-14-26(15-17-27)23-33(9,10)11/h13-18,28-29H,2-3,12,19-23H2,1,4-11H3/p+1. The molecule has 1 aromatic rings. The molecule has 0 saturated carbocycles. The Morgan fingerprint density at radius 2 is 1.66 bits per heavy atom. The highest BCUT2D eigenvalue weighted by molar-refractivity contribution is 5.73. The van der Waals surface area contributed by atoms with Gasteiger partial charge in [-0.1, -0.05) is 68.0 Å². The summed E-state index contributed by atoms with van der Waals surface area (Å²) in [4.78, 5) is 12.0. The summed E-state index contributed by atoms with van der Waals surface area (Å²) in [5, 5.41) is 9.88. The molecule has 0 spiro atoms. The van der Waals surface area contributed by atoms with Crippen LogP contribution in [-0.4, -0.2) is 36.7 Å². The van der Waals surface area contributed by atoms with Crippen LogP contribution >= 0.6 is 0 Å². The Morgan fingerprint density at radius 1 is 1.09 bits per heavy atom. The fourth-order valence-corrected chi connectivity index (χ4v) is 4.65. The molecule has 0 heterocycles. The number of aliphatic carboxylic acids is 1. The lowest BCUT2D eigenvalue weighted by Crippen LogP contribution is -2.33. The van der Waals surface area contributed by atoms with Crippen LogP contribution in [0.5, 0.6) is 0 Å². The molecular formula is C32H52NO2+. The van der Waals surface area contributed by atoms with Gasteiger partial charge in [0.2, 0.25) is 0 Å². The molecule has 1 rings (SSSR count). The van der Waals surface area contributed by atoms with Crippen molar-refractivity contribution in [2.24, 2.45) is 16.7 Å². The summed E-state index contributed by atoms with van der Waals surface area (Å²) in [6, 6.07) is 8.84. The van der Waals surface area contributed by atoms with Crippen molar-refractivity contribution in [1.82, 2.24) is 0 Å². The van der Waals surface area contributed by atoms with E-state index in [4.69, 9.17) is 0 Å². The van der Waals surface area contributed by atoms with Gasteiger partial charge in [0.05, 0.1) is 26.6 Å². The highest BCUT2D eigenvalue weighted by Crippen LogP contribution is 2.42. The molecule has 196 valence electrons. The summed E-state index contributed by atoms with van der Waals surface area (Å²) < 4.78 is 0.874. The highest BCUT2D eigenvalue weighted by Gasteiger charge is 2.34. The lowest BCUT2D eigenvalue weighted by molar-refractivity contribution is -0.884. The maximum atomic E-state index is 12.0. The average Bonchev–Trinajstić information content (AvgIpc) is 2.75. The van der Waals surface area contributed by atoms with Gasteiger partial charge >= 0.3 is 5.97 Å². The molecule has 0 aromatic heterocycles. The number of nitrogens with zero attached hydrogens (tertiary/aromatic N) is 1. The first-order chi connectivity index (χ1) is 16.0. The Bertz CT molecular complexity index is 885. The number of quaternary nitrogens is 1. The van der Waals surface area contributed by atoms with Gasteiger partial charge in [0.25, 0.3) is 0 Å². The van der Waals surface area contributed by atoms with Crippen LogP contribution in [0.25, 0.3) is 0 Å². The number of allylic oxidation sites excluding steroid dienone is 4. The number of hydrogen-bond acceptors (Lipinski definition) is 1. The van der Waals surface area contributed by atoms with Crippen molar-refractivity contribution >= 4 is 5.97 Å². The molecule has 0 bridgehead atoms. The van der Waals surface area contributed by atoms with E-state index in [2.05, 4.69) is 98.4 Å². The maximum absolute atomic E-state index is 12.0. The minimum Gasteiger partial charge on any atom is -0.481 e. The molecule has 1 aromatic carbocycles. The van der Waals surface area contributed by atoms with Gasteiger partial charge in [0.15, 0.2) is 0 Å². The second-order valence-electron chi connectivity index (χ2n) is 12.7. The van der Waals surface area contributed by atoms with Gasteiger partial charge in [-0.2, -0.15) is 0 Å². The number of carboxylic acid groups (broad SMARTS) is 1. The molecular weight excluding hydrogens is 430 g/mol. The Hall–Kier alpha value is -2.13. The van der Waals surface area contributed by atoms with Crippen LogP contribution in [0.2, 0.25) is 0 Å². The minimum absolute atomic E-state index is 0.0264. The second-order valence-corrected chi connectivity index (χ2v) is 12.7. The number of carboxylic acids is 1. The van der Waals surface area contributed by atoms with Crippen molar-refractivity contribution in [3.05, 3.63) is 71.8 Å². The van der Waals surface area contributed by atoms with Crippen molar-refractivity contribution in [2.45, 2.75) is 86.1 Å². The van der Waals surface area contributed by atoms with Gasteiger partial charge in [0, 0.05) is 5.56 Å². The Balaban J connectivity index is 3.29. The lowest BCUT2D eigenvalue weighted by Gasteiger charge is -2.34. The zero-order valence-corrected chi connectivity index (χ0v) is 24.1. The van der Waals surface area contributed by atoms with Crippen LogP contribution in [0.4, 0.5) is 0 Å². The first-order valence-corrected chi connectivity index (χ1v) is 13.1. The fraction of sp³-hybridized carbons (Fsp3) is 0.594. The molecule has 3 unspecified atom stereocenters. The molecule has 3 nitrogen and oxygen atoms in total. The number of benzene rings is 1. The number of carbonyl (C=O) groups is 1. The van der Waals surface area contributed by atoms with Crippen LogP contribution in [0.1, 0.15) is 90.7 Å². The van der Waals surface area contributed by atoms with Crippen molar-refractivity contribution in [3.63, 3.8) is 0 Å². The molecule has 0 aliphatic heterocycles. The molecule has 3 heteroatoms. The summed E-state index contributed by atoms with van der Waals surface area (Å²) in [6.07, 6.45) is 8.91. The zero-order valence-electron chi connectivity index (χ0n) is 24.1. The van der Waals surface area contributed by atoms with Gasteiger partial charge in [-0.15, -0.1) is 6.58 Å². The average molecular weight is 483 g/mol. The summed E-state index contributed by atoms with van der Waals surface area (Å²) in [7, 11) is 6.58. The van der Waals surface area contributed by atoms with Crippen LogP contribution < -0.4 is 0 Å². The van der Waals surface area contributed by atoms with E-state index < -0.39 is 11.4 Å². The predicted octanol–water partition coefficient (Wildman–Crippen LogP) is 8.39. The first-order valence-electron chi connectivity index (χ1n) is 13.1. The van der Waals surface area contributed by atoms with Gasteiger partial charge in [-0.25, -0.2) is 0 Å². The second kappa shape index (κ2) is 12.7. The highest BCUT2D eigenvalue weighted by atomic mass is 16.4. The van der Waals surface area contributed by atoms with E-state index in [0.29, 0.717) is 6.42 Å². The molecule has 0 amide bonds. The Morgan fingerprint density at radius 3 is 2.09 bits per heavy atom. The van der Waals surface area contributed by atoms with E-state index in [9.17, 15) is 9.90 Å². The van der Waals surface area contributed by atoms with E-state index in [-0.39, 0.29) is 17.3 Å². The van der Waals surface area contributed by atoms with Crippen molar-refractivity contribution in [1.29, 1.82) is 0 Å². The molecule has 0 fully saturated rings. The molecule has 3 atom stereocenters. The van der Waals surface area contributed by atoms with Crippen LogP contribution in [0, 0.1) is 16.7 Å². The summed E-state index contributed by atoms with van der Waals surface area (Å²) in [5.74, 6) is -0.316. The molecule has 1 N–H and O–H groups in total. The fourth-order valence-electron chi connectivity index (χ4n) is 4.65. The minimum atomic E-state index is -0.798. The third-order valence-corrected chi connectivity index (χ3v) is 7.39. The molecule has 0 aliphatic rings. The predicted molar refractivity (Wildman–Crippen MR) is 151 cm³/mol. The quantitative estimate of drug-likeness (QED) is 0.201. The largest absolute Gasteiger partial charge is 0.481 e. The van der Waals surface area contributed by atoms with E-state index >= 15 is 0 Å². The van der Waals surface area contributed by atoms with Gasteiger partial charge in [0.1, 0.15) is 6.54 Å². The van der Waals surface area contributed by atoms with E-state index in [0.717, 1.165) is 42.3 Å². The van der Waals surface area contributed by atoms with Crippen LogP contribution in [0.15, 0.2) is 60.7 Å². The van der Waals surface area contributed by atoms with Crippen molar-refractivity contribution in [3.8, 4) is 0 Å². The smallest absolute Gasteiger partial charge is 0.309 e. The van der Waals surface area contributed by atoms with E-state index in [1.807, 2.05) is 13.8 Å². The van der Waals surface area contributed by atoms with E-state index in [1.54, 1.807) is 0 Å². The topological polar surface area (TPSA) is 37.3 Å². The van der Waals surface area contributed by atoms with Gasteiger partial charge < -0.3 is 9.59 Å². The monoisotopic (exact) mass is 482 g/mol. The van der Waals surface area contributed by atoms with Crippen LogP contribution in [-0.2, 0) is 11.3 Å². The lowest BCUT2D eigenvalue weighted by atomic mass is 9.70. The molecule has 0 saturated heterocycles.